The van der Waals surface area contributed by atoms with E-state index in [-0.39, 0.29) is 5.91 Å². The third kappa shape index (κ3) is 4.35. The van der Waals surface area contributed by atoms with Crippen LogP contribution in [0.5, 0.6) is 0 Å². The Morgan fingerprint density at radius 2 is 2.04 bits per heavy atom. The molecule has 0 aliphatic carbocycles. The number of fused-ring (bicyclic) bond motifs is 1. The van der Waals surface area contributed by atoms with Crippen molar-refractivity contribution in [3.63, 3.8) is 0 Å². The summed E-state index contributed by atoms with van der Waals surface area (Å²) >= 11 is 0. The average molecular weight is 363 g/mol. The Balaban J connectivity index is 1.30. The minimum absolute atomic E-state index is 0.173. The van der Waals surface area contributed by atoms with Gasteiger partial charge in [0.1, 0.15) is 17.2 Å². The summed E-state index contributed by atoms with van der Waals surface area (Å²) in [5, 5.41) is 3.88. The summed E-state index contributed by atoms with van der Waals surface area (Å²) in [7, 11) is 0. The summed E-state index contributed by atoms with van der Waals surface area (Å²) in [4.78, 5) is 18.7. The van der Waals surface area contributed by atoms with Gasteiger partial charge in [-0.2, -0.15) is 0 Å². The Morgan fingerprint density at radius 3 is 2.81 bits per heavy atom. The second-order valence-corrected chi connectivity index (χ2v) is 6.36. The van der Waals surface area contributed by atoms with E-state index in [0.29, 0.717) is 12.3 Å². The smallest absolute Gasteiger partial charge is 0.244 e. The van der Waals surface area contributed by atoms with Crippen molar-refractivity contribution in [2.75, 3.05) is 31.2 Å². The second kappa shape index (κ2) is 8.05. The van der Waals surface area contributed by atoms with Crippen LogP contribution in [0.25, 0.3) is 17.0 Å². The van der Waals surface area contributed by atoms with E-state index in [1.165, 1.54) is 6.08 Å². The fourth-order valence-electron chi connectivity index (χ4n) is 2.99. The van der Waals surface area contributed by atoms with Gasteiger partial charge in [0, 0.05) is 37.3 Å². The number of amides is 1. The highest BCUT2D eigenvalue weighted by Gasteiger charge is 2.11. The van der Waals surface area contributed by atoms with Crippen molar-refractivity contribution < 1.29 is 13.9 Å². The van der Waals surface area contributed by atoms with Gasteiger partial charge in [-0.05, 0) is 29.8 Å². The summed E-state index contributed by atoms with van der Waals surface area (Å²) in [6, 6.07) is 13.6. The molecule has 0 radical (unpaired) electrons. The lowest BCUT2D eigenvalue weighted by atomic mass is 10.2. The highest BCUT2D eigenvalue weighted by atomic mass is 16.5. The standard InChI is InChI=1S/C21H21N3O3/c25-21(8-6-18-13-17-3-1-2-4-19(17)27-18)23-15-16-5-7-20(22-14-16)24-9-11-26-12-10-24/h1-8,13-14H,9-12,15H2,(H,23,25)/b8-6+. The number of aromatic nitrogens is 1. The van der Waals surface area contributed by atoms with E-state index in [2.05, 4.69) is 15.2 Å². The first-order valence-electron chi connectivity index (χ1n) is 9.00. The number of furan rings is 1. The average Bonchev–Trinajstić information content (AvgIpc) is 3.15. The van der Waals surface area contributed by atoms with Crippen LogP contribution in [0.1, 0.15) is 11.3 Å². The van der Waals surface area contributed by atoms with Crippen molar-refractivity contribution in [1.29, 1.82) is 0 Å². The van der Waals surface area contributed by atoms with E-state index in [0.717, 1.165) is 48.7 Å². The van der Waals surface area contributed by atoms with Crippen molar-refractivity contribution >= 4 is 28.8 Å². The minimum atomic E-state index is -0.173. The quantitative estimate of drug-likeness (QED) is 0.706. The summed E-state index contributed by atoms with van der Waals surface area (Å²) in [6.45, 7) is 3.61. The number of morpholine rings is 1. The number of anilines is 1. The minimum Gasteiger partial charge on any atom is -0.457 e. The van der Waals surface area contributed by atoms with Crippen LogP contribution >= 0.6 is 0 Å². The normalized spacial score (nSPS) is 14.7. The molecule has 0 spiro atoms. The molecule has 138 valence electrons. The van der Waals surface area contributed by atoms with Gasteiger partial charge in [0.2, 0.25) is 5.91 Å². The Labute approximate surface area is 157 Å². The number of carbonyl (C=O) groups excluding carboxylic acids is 1. The molecule has 1 aliphatic rings. The molecule has 6 heteroatoms. The molecule has 1 N–H and O–H groups in total. The van der Waals surface area contributed by atoms with E-state index in [4.69, 9.17) is 9.15 Å². The number of rotatable bonds is 5. The lowest BCUT2D eigenvalue weighted by Gasteiger charge is -2.27. The molecule has 1 aromatic carbocycles. The summed E-state index contributed by atoms with van der Waals surface area (Å²) in [5.74, 6) is 1.42. The summed E-state index contributed by atoms with van der Waals surface area (Å²) in [6.07, 6.45) is 4.95. The topological polar surface area (TPSA) is 67.6 Å². The van der Waals surface area contributed by atoms with Crippen LogP contribution in [0, 0.1) is 0 Å². The van der Waals surface area contributed by atoms with Gasteiger partial charge >= 0.3 is 0 Å². The fourth-order valence-corrected chi connectivity index (χ4v) is 2.99. The maximum absolute atomic E-state index is 12.0. The maximum atomic E-state index is 12.0. The van der Waals surface area contributed by atoms with Crippen molar-refractivity contribution in [3.8, 4) is 0 Å². The Bertz CT molecular complexity index is 908. The monoisotopic (exact) mass is 363 g/mol. The first-order valence-corrected chi connectivity index (χ1v) is 9.00. The Kier molecular flexibility index (Phi) is 5.16. The highest BCUT2D eigenvalue weighted by molar-refractivity contribution is 5.92. The zero-order valence-corrected chi connectivity index (χ0v) is 14.9. The zero-order chi connectivity index (χ0) is 18.5. The Hall–Kier alpha value is -3.12. The lowest BCUT2D eigenvalue weighted by Crippen LogP contribution is -2.36. The van der Waals surface area contributed by atoms with E-state index < -0.39 is 0 Å². The third-order valence-corrected chi connectivity index (χ3v) is 4.45. The van der Waals surface area contributed by atoms with E-state index >= 15 is 0 Å². The number of pyridine rings is 1. The number of hydrogen-bond donors (Lipinski definition) is 1. The van der Waals surface area contributed by atoms with Gasteiger partial charge in [0.25, 0.3) is 0 Å². The largest absolute Gasteiger partial charge is 0.457 e. The van der Waals surface area contributed by atoms with Crippen LogP contribution in [0.3, 0.4) is 0 Å². The first kappa shape index (κ1) is 17.3. The first-order chi connectivity index (χ1) is 13.3. The van der Waals surface area contributed by atoms with Crippen molar-refractivity contribution in [1.82, 2.24) is 10.3 Å². The van der Waals surface area contributed by atoms with Crippen molar-refractivity contribution in [2.24, 2.45) is 0 Å². The number of carbonyl (C=O) groups is 1. The van der Waals surface area contributed by atoms with Gasteiger partial charge < -0.3 is 19.4 Å². The molecule has 0 saturated carbocycles. The van der Waals surface area contributed by atoms with Crippen molar-refractivity contribution in [3.05, 3.63) is 66.1 Å². The van der Waals surface area contributed by atoms with Gasteiger partial charge in [-0.3, -0.25) is 4.79 Å². The molecule has 0 unspecified atom stereocenters. The molecule has 3 aromatic rings. The molecule has 1 saturated heterocycles. The third-order valence-electron chi connectivity index (χ3n) is 4.45. The van der Waals surface area contributed by atoms with Gasteiger partial charge in [0.05, 0.1) is 13.2 Å². The molecule has 2 aromatic heterocycles. The number of ether oxygens (including phenoxy) is 1. The summed E-state index contributed by atoms with van der Waals surface area (Å²) in [5.41, 5.74) is 1.77. The van der Waals surface area contributed by atoms with Gasteiger partial charge in [-0.25, -0.2) is 4.98 Å². The second-order valence-electron chi connectivity index (χ2n) is 6.36. The molecular formula is C21H21N3O3. The molecule has 4 rings (SSSR count). The number of benzene rings is 1. The molecule has 6 nitrogen and oxygen atoms in total. The molecule has 0 bridgehead atoms. The van der Waals surface area contributed by atoms with Crippen LogP contribution < -0.4 is 10.2 Å². The van der Waals surface area contributed by atoms with Gasteiger partial charge in [0.15, 0.2) is 0 Å². The van der Waals surface area contributed by atoms with Crippen LogP contribution in [-0.4, -0.2) is 37.2 Å². The van der Waals surface area contributed by atoms with Crippen molar-refractivity contribution in [2.45, 2.75) is 6.54 Å². The SMILES string of the molecule is O=C(/C=C/c1cc2ccccc2o1)NCc1ccc(N2CCOCC2)nc1. The van der Waals surface area contributed by atoms with E-state index in [1.807, 2.05) is 42.5 Å². The summed E-state index contributed by atoms with van der Waals surface area (Å²) < 4.78 is 11.0. The van der Waals surface area contributed by atoms with Crippen LogP contribution in [-0.2, 0) is 16.1 Å². The predicted molar refractivity (Wildman–Crippen MR) is 104 cm³/mol. The number of nitrogens with one attached hydrogen (secondary N) is 1. The molecule has 1 aliphatic heterocycles. The van der Waals surface area contributed by atoms with E-state index in [9.17, 15) is 4.79 Å². The van der Waals surface area contributed by atoms with E-state index in [1.54, 1.807) is 12.3 Å². The number of hydrogen-bond acceptors (Lipinski definition) is 5. The van der Waals surface area contributed by atoms with Crippen LogP contribution in [0.2, 0.25) is 0 Å². The Morgan fingerprint density at radius 1 is 1.19 bits per heavy atom. The van der Waals surface area contributed by atoms with Gasteiger partial charge in [-0.1, -0.05) is 24.3 Å². The molecular weight excluding hydrogens is 342 g/mol. The molecule has 1 fully saturated rings. The van der Waals surface area contributed by atoms with Gasteiger partial charge in [-0.15, -0.1) is 0 Å². The lowest BCUT2D eigenvalue weighted by molar-refractivity contribution is -0.116. The molecule has 1 amide bonds. The molecule has 3 heterocycles. The fraction of sp³-hybridized carbons (Fsp3) is 0.238. The predicted octanol–water partition coefficient (Wildman–Crippen LogP) is 2.99. The van der Waals surface area contributed by atoms with Crippen LogP contribution in [0.4, 0.5) is 5.82 Å². The zero-order valence-electron chi connectivity index (χ0n) is 14.9. The number of nitrogens with zero attached hydrogens (tertiary/aromatic N) is 2. The van der Waals surface area contributed by atoms with Crippen LogP contribution in [0.15, 0.2) is 59.2 Å². The molecule has 27 heavy (non-hydrogen) atoms. The molecule has 0 atom stereocenters. The highest BCUT2D eigenvalue weighted by Crippen LogP contribution is 2.19. The number of para-hydroxylation sites is 1. The maximum Gasteiger partial charge on any atom is 0.244 e.